The number of aromatic nitrogens is 1. The monoisotopic (exact) mass is 346 g/mol. The second kappa shape index (κ2) is 7.63. The van der Waals surface area contributed by atoms with Crippen molar-refractivity contribution in [1.82, 2.24) is 9.88 Å². The van der Waals surface area contributed by atoms with E-state index in [2.05, 4.69) is 32.2 Å². The van der Waals surface area contributed by atoms with Crippen LogP contribution < -0.4 is 15.0 Å². The number of carbonyl (C=O) groups excluding carboxylic acids is 1. The summed E-state index contributed by atoms with van der Waals surface area (Å²) in [6, 6.07) is 8.20. The Labute approximate surface area is 146 Å². The molecule has 1 aliphatic heterocycles. The number of amides is 1. The Balaban J connectivity index is 1.53. The molecule has 0 radical (unpaired) electrons. The zero-order valence-electron chi connectivity index (χ0n) is 14.0. The van der Waals surface area contributed by atoms with Crippen molar-refractivity contribution in [2.24, 2.45) is 0 Å². The van der Waals surface area contributed by atoms with Crippen LogP contribution in [-0.2, 0) is 11.3 Å². The van der Waals surface area contributed by atoms with Crippen LogP contribution in [0.2, 0.25) is 0 Å². The molecule has 0 unspecified atom stereocenters. The van der Waals surface area contributed by atoms with E-state index in [1.807, 2.05) is 17.5 Å². The molecule has 2 aromatic rings. The van der Waals surface area contributed by atoms with Crippen molar-refractivity contribution in [3.63, 3.8) is 0 Å². The van der Waals surface area contributed by atoms with E-state index in [1.54, 1.807) is 7.11 Å². The minimum Gasteiger partial charge on any atom is -0.497 e. The zero-order valence-corrected chi connectivity index (χ0v) is 14.8. The van der Waals surface area contributed by atoms with Crippen LogP contribution >= 0.6 is 11.3 Å². The number of hydrogen-bond donors (Lipinski definition) is 1. The van der Waals surface area contributed by atoms with E-state index >= 15 is 0 Å². The van der Waals surface area contributed by atoms with Crippen molar-refractivity contribution in [2.75, 3.05) is 43.5 Å². The molecule has 7 heteroatoms. The molecule has 0 saturated carbocycles. The van der Waals surface area contributed by atoms with Gasteiger partial charge in [-0.2, -0.15) is 0 Å². The fourth-order valence-electron chi connectivity index (χ4n) is 2.79. The highest BCUT2D eigenvalue weighted by atomic mass is 32.1. The Morgan fingerprint density at radius 2 is 2.12 bits per heavy atom. The van der Waals surface area contributed by atoms with Gasteiger partial charge in [0.15, 0.2) is 5.13 Å². The first-order chi connectivity index (χ1) is 11.6. The summed E-state index contributed by atoms with van der Waals surface area (Å²) in [5, 5.41) is 5.42. The number of anilines is 2. The number of ether oxygens (including phenoxy) is 1. The van der Waals surface area contributed by atoms with Crippen molar-refractivity contribution in [3.8, 4) is 5.75 Å². The van der Waals surface area contributed by atoms with Gasteiger partial charge in [-0.3, -0.25) is 9.69 Å². The quantitative estimate of drug-likeness (QED) is 0.901. The highest BCUT2D eigenvalue weighted by molar-refractivity contribution is 7.13. The first-order valence-electron chi connectivity index (χ1n) is 7.97. The van der Waals surface area contributed by atoms with Gasteiger partial charge in [0.25, 0.3) is 0 Å². The lowest BCUT2D eigenvalue weighted by Gasteiger charge is -2.35. The maximum absolute atomic E-state index is 11.1. The van der Waals surface area contributed by atoms with Gasteiger partial charge >= 0.3 is 0 Å². The van der Waals surface area contributed by atoms with Gasteiger partial charge in [0.05, 0.1) is 12.8 Å². The summed E-state index contributed by atoms with van der Waals surface area (Å²) in [6.07, 6.45) is 0. The summed E-state index contributed by atoms with van der Waals surface area (Å²) < 4.78 is 5.30. The fraction of sp³-hybridized carbons (Fsp3) is 0.412. The van der Waals surface area contributed by atoms with Gasteiger partial charge in [0.1, 0.15) is 5.75 Å². The van der Waals surface area contributed by atoms with Gasteiger partial charge in [-0.1, -0.05) is 6.07 Å². The molecule has 24 heavy (non-hydrogen) atoms. The van der Waals surface area contributed by atoms with Gasteiger partial charge in [-0.05, 0) is 12.1 Å². The number of benzene rings is 1. The summed E-state index contributed by atoms with van der Waals surface area (Å²) in [5.41, 5.74) is 2.22. The summed E-state index contributed by atoms with van der Waals surface area (Å²) >= 11 is 1.47. The summed E-state index contributed by atoms with van der Waals surface area (Å²) in [6.45, 7) is 6.26. The number of thiazole rings is 1. The lowest BCUT2D eigenvalue weighted by Crippen LogP contribution is -2.46. The molecule has 1 saturated heterocycles. The minimum atomic E-state index is -0.0807. The molecule has 0 spiro atoms. The topological polar surface area (TPSA) is 57.7 Å². The highest BCUT2D eigenvalue weighted by Crippen LogP contribution is 2.23. The number of nitrogens with one attached hydrogen (secondary N) is 1. The van der Waals surface area contributed by atoms with Crippen molar-refractivity contribution >= 4 is 28.1 Å². The lowest BCUT2D eigenvalue weighted by atomic mass is 10.2. The van der Waals surface area contributed by atoms with E-state index in [1.165, 1.54) is 23.9 Å². The van der Waals surface area contributed by atoms with Gasteiger partial charge in [0, 0.05) is 56.8 Å². The maximum atomic E-state index is 11.1. The third-order valence-corrected chi connectivity index (χ3v) is 4.82. The van der Waals surface area contributed by atoms with E-state index in [0.717, 1.165) is 44.2 Å². The number of piperazine rings is 1. The predicted molar refractivity (Wildman–Crippen MR) is 96.9 cm³/mol. The van der Waals surface area contributed by atoms with Crippen LogP contribution in [0.1, 0.15) is 12.6 Å². The largest absolute Gasteiger partial charge is 0.497 e. The molecule has 1 fully saturated rings. The fourth-order valence-corrected chi connectivity index (χ4v) is 3.54. The first-order valence-corrected chi connectivity index (χ1v) is 8.85. The molecule has 1 aromatic carbocycles. The third kappa shape index (κ3) is 4.24. The van der Waals surface area contributed by atoms with Crippen LogP contribution in [0.5, 0.6) is 5.75 Å². The van der Waals surface area contributed by atoms with Gasteiger partial charge in [-0.15, -0.1) is 11.3 Å². The van der Waals surface area contributed by atoms with Gasteiger partial charge in [-0.25, -0.2) is 4.98 Å². The standard InChI is InChI=1S/C17H22N4O2S/c1-13(22)18-17-19-14(12-24-17)11-20-6-8-21(9-7-20)15-4-3-5-16(10-15)23-2/h3-5,10,12H,6-9,11H2,1-2H3,(H,18,19,22). The smallest absolute Gasteiger partial charge is 0.223 e. The number of nitrogens with zero attached hydrogens (tertiary/aromatic N) is 3. The zero-order chi connectivity index (χ0) is 16.9. The molecule has 3 rings (SSSR count). The SMILES string of the molecule is COc1cccc(N2CCN(Cc3csc(NC(C)=O)n3)CC2)c1. The molecule has 1 aliphatic rings. The van der Waals surface area contributed by atoms with Crippen LogP contribution in [0.25, 0.3) is 0 Å². The molecule has 0 aliphatic carbocycles. The van der Waals surface area contributed by atoms with E-state index in [-0.39, 0.29) is 5.91 Å². The molecular formula is C17H22N4O2S. The summed E-state index contributed by atoms with van der Waals surface area (Å²) in [5.74, 6) is 0.811. The lowest BCUT2D eigenvalue weighted by molar-refractivity contribution is -0.114. The third-order valence-electron chi connectivity index (χ3n) is 4.01. The molecular weight excluding hydrogens is 324 g/mol. The second-order valence-electron chi connectivity index (χ2n) is 5.79. The normalized spacial score (nSPS) is 15.3. The predicted octanol–water partition coefficient (Wildman–Crippen LogP) is 2.43. The van der Waals surface area contributed by atoms with Gasteiger partial charge in [0.2, 0.25) is 5.91 Å². The van der Waals surface area contributed by atoms with E-state index in [0.29, 0.717) is 5.13 Å². The molecule has 128 valence electrons. The summed E-state index contributed by atoms with van der Waals surface area (Å²) in [7, 11) is 1.69. The van der Waals surface area contributed by atoms with Crippen LogP contribution in [0.3, 0.4) is 0 Å². The first kappa shape index (κ1) is 16.7. The number of hydrogen-bond acceptors (Lipinski definition) is 6. The average molecular weight is 346 g/mol. The minimum absolute atomic E-state index is 0.0807. The molecule has 0 bridgehead atoms. The van der Waals surface area contributed by atoms with Crippen LogP contribution in [0.4, 0.5) is 10.8 Å². The number of rotatable bonds is 5. The molecule has 1 aromatic heterocycles. The molecule has 6 nitrogen and oxygen atoms in total. The van der Waals surface area contributed by atoms with Crippen LogP contribution in [-0.4, -0.2) is 49.1 Å². The van der Waals surface area contributed by atoms with Crippen LogP contribution in [0, 0.1) is 0 Å². The highest BCUT2D eigenvalue weighted by Gasteiger charge is 2.18. The van der Waals surface area contributed by atoms with Crippen molar-refractivity contribution < 1.29 is 9.53 Å². The van der Waals surface area contributed by atoms with Crippen molar-refractivity contribution in [3.05, 3.63) is 35.3 Å². The number of carbonyl (C=O) groups is 1. The maximum Gasteiger partial charge on any atom is 0.223 e. The van der Waals surface area contributed by atoms with Crippen LogP contribution in [0.15, 0.2) is 29.6 Å². The average Bonchev–Trinajstić information content (AvgIpc) is 3.01. The van der Waals surface area contributed by atoms with Crippen molar-refractivity contribution in [1.29, 1.82) is 0 Å². The van der Waals surface area contributed by atoms with E-state index in [4.69, 9.17) is 4.74 Å². The Morgan fingerprint density at radius 3 is 2.83 bits per heavy atom. The molecule has 1 N–H and O–H groups in total. The Morgan fingerprint density at radius 1 is 1.33 bits per heavy atom. The number of methoxy groups -OCH3 is 1. The van der Waals surface area contributed by atoms with Gasteiger partial charge < -0.3 is 15.0 Å². The summed E-state index contributed by atoms with van der Waals surface area (Å²) in [4.78, 5) is 20.3. The van der Waals surface area contributed by atoms with E-state index in [9.17, 15) is 4.79 Å². The molecule has 1 amide bonds. The van der Waals surface area contributed by atoms with E-state index < -0.39 is 0 Å². The Hall–Kier alpha value is -2.12. The second-order valence-corrected chi connectivity index (χ2v) is 6.65. The molecule has 2 heterocycles. The van der Waals surface area contributed by atoms with Crippen molar-refractivity contribution in [2.45, 2.75) is 13.5 Å². The Bertz CT molecular complexity index is 695. The Kier molecular flexibility index (Phi) is 5.32. The molecule has 0 atom stereocenters.